The van der Waals surface area contributed by atoms with Crippen LogP contribution in [0.3, 0.4) is 0 Å². The third-order valence-electron chi connectivity index (χ3n) is 4.56. The Bertz CT molecular complexity index is 436. The lowest BCUT2D eigenvalue weighted by atomic mass is 9.77. The normalized spacial score (nSPS) is 23.5. The Morgan fingerprint density at radius 3 is 2.84 bits per heavy atom. The predicted octanol–water partition coefficient (Wildman–Crippen LogP) is 3.31. The zero-order valence-electron chi connectivity index (χ0n) is 12.5. The van der Waals surface area contributed by atoms with Crippen molar-refractivity contribution in [3.05, 3.63) is 17.5 Å². The van der Waals surface area contributed by atoms with Crippen LogP contribution in [0.15, 0.2) is 6.07 Å². The third kappa shape index (κ3) is 3.46. The van der Waals surface area contributed by atoms with Crippen molar-refractivity contribution in [3.8, 4) is 0 Å². The van der Waals surface area contributed by atoms with Crippen LogP contribution in [0, 0.1) is 11.8 Å². The smallest absolute Gasteiger partial charge is 0.141 e. The molecule has 0 spiro atoms. The molecule has 1 saturated carbocycles. The number of nitrogens with zero attached hydrogens (tertiary/aromatic N) is 2. The molecule has 2 rings (SSSR count). The largest absolute Gasteiger partial charge is 0.299 e. The number of ketones is 1. The second kappa shape index (κ2) is 6.36. The second-order valence-electron chi connectivity index (χ2n) is 5.89. The molecule has 0 aliphatic heterocycles. The molecule has 0 N–H and O–H groups in total. The Morgan fingerprint density at radius 1 is 1.42 bits per heavy atom. The molecule has 0 aromatic carbocycles. The van der Waals surface area contributed by atoms with E-state index in [-0.39, 0.29) is 0 Å². The van der Waals surface area contributed by atoms with Crippen molar-refractivity contribution in [2.75, 3.05) is 0 Å². The molecule has 0 amide bonds. The molecule has 1 heterocycles. The van der Waals surface area contributed by atoms with Gasteiger partial charge >= 0.3 is 0 Å². The minimum Gasteiger partial charge on any atom is -0.299 e. The molecule has 1 fully saturated rings. The van der Waals surface area contributed by atoms with Gasteiger partial charge in [-0.3, -0.25) is 9.48 Å². The first-order chi connectivity index (χ1) is 9.13. The Kier molecular flexibility index (Phi) is 4.78. The van der Waals surface area contributed by atoms with Crippen molar-refractivity contribution >= 4 is 5.78 Å². The molecule has 1 aromatic rings. The van der Waals surface area contributed by atoms with Crippen molar-refractivity contribution in [1.82, 2.24) is 9.78 Å². The predicted molar refractivity (Wildman–Crippen MR) is 77.0 cm³/mol. The van der Waals surface area contributed by atoms with Crippen LogP contribution in [0.5, 0.6) is 0 Å². The van der Waals surface area contributed by atoms with E-state index in [1.807, 2.05) is 11.7 Å². The summed E-state index contributed by atoms with van der Waals surface area (Å²) in [5.41, 5.74) is 2.15. The van der Waals surface area contributed by atoms with Crippen LogP contribution in [-0.2, 0) is 24.7 Å². The summed E-state index contributed by atoms with van der Waals surface area (Å²) in [6, 6.07) is 2.08. The van der Waals surface area contributed by atoms with E-state index in [1.165, 1.54) is 19.3 Å². The lowest BCUT2D eigenvalue weighted by Crippen LogP contribution is -2.24. The average Bonchev–Trinajstić information content (AvgIpc) is 2.79. The average molecular weight is 262 g/mol. The van der Waals surface area contributed by atoms with Gasteiger partial charge in [-0.1, -0.05) is 33.1 Å². The quantitative estimate of drug-likeness (QED) is 0.816. The molecule has 0 saturated heterocycles. The first-order valence-corrected chi connectivity index (χ1v) is 7.68. The van der Waals surface area contributed by atoms with Gasteiger partial charge in [0.15, 0.2) is 0 Å². The summed E-state index contributed by atoms with van der Waals surface area (Å²) in [7, 11) is 1.94. The van der Waals surface area contributed by atoms with E-state index in [4.69, 9.17) is 0 Å². The fourth-order valence-corrected chi connectivity index (χ4v) is 3.19. The summed E-state index contributed by atoms with van der Waals surface area (Å²) in [4.78, 5) is 12.4. The van der Waals surface area contributed by atoms with E-state index in [0.717, 1.165) is 36.6 Å². The molecule has 1 aliphatic carbocycles. The summed E-state index contributed by atoms with van der Waals surface area (Å²) in [6.07, 6.45) is 7.44. The number of rotatable bonds is 5. The Labute approximate surface area is 116 Å². The summed E-state index contributed by atoms with van der Waals surface area (Å²) in [5, 5.41) is 4.42. The van der Waals surface area contributed by atoms with E-state index in [2.05, 4.69) is 25.0 Å². The highest BCUT2D eigenvalue weighted by atomic mass is 16.1. The van der Waals surface area contributed by atoms with Crippen molar-refractivity contribution < 1.29 is 4.79 Å². The zero-order chi connectivity index (χ0) is 13.8. The number of carbonyl (C=O) groups is 1. The minimum atomic E-state index is 0.290. The van der Waals surface area contributed by atoms with Crippen LogP contribution >= 0.6 is 0 Å². The van der Waals surface area contributed by atoms with Gasteiger partial charge in [-0.2, -0.15) is 5.10 Å². The fraction of sp³-hybridized carbons (Fsp3) is 0.750. The maximum atomic E-state index is 12.4. The van der Waals surface area contributed by atoms with Gasteiger partial charge < -0.3 is 0 Å². The van der Waals surface area contributed by atoms with Gasteiger partial charge in [-0.15, -0.1) is 0 Å². The zero-order valence-corrected chi connectivity index (χ0v) is 12.5. The Morgan fingerprint density at radius 2 is 2.21 bits per heavy atom. The van der Waals surface area contributed by atoms with Gasteiger partial charge in [-0.05, 0) is 31.2 Å². The minimum absolute atomic E-state index is 0.290. The first-order valence-electron chi connectivity index (χ1n) is 7.68. The molecule has 1 aliphatic rings. The Balaban J connectivity index is 1.98. The third-order valence-corrected chi connectivity index (χ3v) is 4.56. The van der Waals surface area contributed by atoms with Gasteiger partial charge in [0.1, 0.15) is 5.78 Å². The molecule has 19 heavy (non-hydrogen) atoms. The molecular formula is C16H26N2O. The van der Waals surface area contributed by atoms with Gasteiger partial charge in [0.2, 0.25) is 0 Å². The highest BCUT2D eigenvalue weighted by molar-refractivity contribution is 5.83. The van der Waals surface area contributed by atoms with Crippen LogP contribution < -0.4 is 0 Å². The molecule has 3 heteroatoms. The Hall–Kier alpha value is -1.12. The van der Waals surface area contributed by atoms with Crippen LogP contribution in [-0.4, -0.2) is 15.6 Å². The van der Waals surface area contributed by atoms with E-state index >= 15 is 0 Å². The highest BCUT2D eigenvalue weighted by Gasteiger charge is 2.26. The lowest BCUT2D eigenvalue weighted by molar-refractivity contribution is -0.123. The maximum Gasteiger partial charge on any atom is 0.141 e. The molecule has 2 unspecified atom stereocenters. The van der Waals surface area contributed by atoms with Crippen molar-refractivity contribution in [3.63, 3.8) is 0 Å². The van der Waals surface area contributed by atoms with E-state index in [1.54, 1.807) is 0 Å². The molecular weight excluding hydrogens is 236 g/mol. The highest BCUT2D eigenvalue weighted by Crippen LogP contribution is 2.32. The lowest BCUT2D eigenvalue weighted by Gasteiger charge is -2.27. The van der Waals surface area contributed by atoms with Crippen LogP contribution in [0.1, 0.15) is 57.3 Å². The molecule has 1 aromatic heterocycles. The summed E-state index contributed by atoms with van der Waals surface area (Å²) >= 11 is 0. The number of carbonyl (C=O) groups excluding carboxylic acids is 1. The maximum absolute atomic E-state index is 12.4. The van der Waals surface area contributed by atoms with Crippen molar-refractivity contribution in [1.29, 1.82) is 0 Å². The monoisotopic (exact) mass is 262 g/mol. The molecule has 0 radical (unpaired) electrons. The number of aryl methyl sites for hydroxylation is 2. The summed E-state index contributed by atoms with van der Waals surface area (Å²) < 4.78 is 1.87. The van der Waals surface area contributed by atoms with E-state index in [9.17, 15) is 4.79 Å². The SMILES string of the molecule is CCc1cc(CC(=O)C2CCCC(CC)C2)n(C)n1. The van der Waals surface area contributed by atoms with Gasteiger partial charge in [0, 0.05) is 25.1 Å². The summed E-state index contributed by atoms with van der Waals surface area (Å²) in [5.74, 6) is 1.47. The van der Waals surface area contributed by atoms with E-state index in [0.29, 0.717) is 18.1 Å². The number of hydrogen-bond donors (Lipinski definition) is 0. The molecule has 106 valence electrons. The number of hydrogen-bond acceptors (Lipinski definition) is 2. The molecule has 3 nitrogen and oxygen atoms in total. The second-order valence-corrected chi connectivity index (χ2v) is 5.89. The van der Waals surface area contributed by atoms with Gasteiger partial charge in [0.05, 0.1) is 5.69 Å². The fourth-order valence-electron chi connectivity index (χ4n) is 3.19. The van der Waals surface area contributed by atoms with Crippen LogP contribution in [0.4, 0.5) is 0 Å². The standard InChI is InChI=1S/C16H26N2O/c1-4-12-7-6-8-13(9-12)16(19)11-15-10-14(5-2)17-18(15)3/h10,12-13H,4-9,11H2,1-3H3. The molecule has 0 bridgehead atoms. The summed E-state index contributed by atoms with van der Waals surface area (Å²) in [6.45, 7) is 4.34. The van der Waals surface area contributed by atoms with Crippen molar-refractivity contribution in [2.24, 2.45) is 18.9 Å². The molecule has 2 atom stereocenters. The van der Waals surface area contributed by atoms with Crippen molar-refractivity contribution in [2.45, 2.75) is 58.8 Å². The number of Topliss-reactive ketones (excluding diaryl/α,β-unsaturated/α-hetero) is 1. The topological polar surface area (TPSA) is 34.9 Å². The van der Waals surface area contributed by atoms with E-state index < -0.39 is 0 Å². The van der Waals surface area contributed by atoms with Gasteiger partial charge in [0.25, 0.3) is 0 Å². The van der Waals surface area contributed by atoms with Crippen LogP contribution in [0.2, 0.25) is 0 Å². The first kappa shape index (κ1) is 14.3. The van der Waals surface area contributed by atoms with Gasteiger partial charge in [-0.25, -0.2) is 0 Å². The number of aromatic nitrogens is 2. The van der Waals surface area contributed by atoms with Crippen LogP contribution in [0.25, 0.3) is 0 Å².